The summed E-state index contributed by atoms with van der Waals surface area (Å²) in [5.74, 6) is 0.0891. The SMILES string of the molecule is CC(C)[C@H](N)C(=O)N1CCCC1CN(C(=O)OC(C)(C)C)C(C)C. The molecule has 140 valence electrons. The van der Waals surface area contributed by atoms with E-state index in [-0.39, 0.29) is 30.0 Å². The van der Waals surface area contributed by atoms with Crippen LogP contribution in [0.5, 0.6) is 0 Å². The van der Waals surface area contributed by atoms with E-state index in [1.165, 1.54) is 0 Å². The van der Waals surface area contributed by atoms with Crippen LogP contribution in [0.15, 0.2) is 0 Å². The Morgan fingerprint density at radius 2 is 1.83 bits per heavy atom. The van der Waals surface area contributed by atoms with E-state index in [4.69, 9.17) is 10.5 Å². The molecule has 0 aromatic heterocycles. The molecular formula is C18H35N3O3. The van der Waals surface area contributed by atoms with Gasteiger partial charge in [0.2, 0.25) is 5.91 Å². The topological polar surface area (TPSA) is 75.9 Å². The second kappa shape index (κ2) is 8.19. The summed E-state index contributed by atoms with van der Waals surface area (Å²) in [4.78, 5) is 28.7. The average Bonchev–Trinajstić information content (AvgIpc) is 2.88. The molecule has 0 saturated carbocycles. The Kier molecular flexibility index (Phi) is 7.08. The molecule has 6 nitrogen and oxygen atoms in total. The van der Waals surface area contributed by atoms with Crippen LogP contribution < -0.4 is 5.73 Å². The molecule has 0 radical (unpaired) electrons. The molecule has 0 spiro atoms. The minimum Gasteiger partial charge on any atom is -0.444 e. The number of ether oxygens (including phenoxy) is 1. The van der Waals surface area contributed by atoms with Crippen LogP contribution >= 0.6 is 0 Å². The summed E-state index contributed by atoms with van der Waals surface area (Å²) in [5.41, 5.74) is 5.51. The number of carbonyl (C=O) groups excluding carboxylic acids is 2. The van der Waals surface area contributed by atoms with E-state index in [0.717, 1.165) is 12.8 Å². The third-order valence-corrected chi connectivity index (χ3v) is 4.32. The highest BCUT2D eigenvalue weighted by Gasteiger charge is 2.36. The number of nitrogens with two attached hydrogens (primary N) is 1. The highest BCUT2D eigenvalue weighted by atomic mass is 16.6. The van der Waals surface area contributed by atoms with Crippen LogP contribution in [-0.4, -0.2) is 58.6 Å². The predicted octanol–water partition coefficient (Wildman–Crippen LogP) is 2.61. The van der Waals surface area contributed by atoms with Crippen molar-refractivity contribution in [3.8, 4) is 0 Å². The van der Waals surface area contributed by atoms with Gasteiger partial charge in [-0.2, -0.15) is 0 Å². The zero-order valence-electron chi connectivity index (χ0n) is 16.3. The Balaban J connectivity index is 2.82. The van der Waals surface area contributed by atoms with Crippen LogP contribution in [-0.2, 0) is 9.53 Å². The van der Waals surface area contributed by atoms with Crippen LogP contribution in [0.1, 0.15) is 61.3 Å². The molecule has 0 bridgehead atoms. The second-order valence-corrected chi connectivity index (χ2v) is 8.32. The molecule has 1 aliphatic heterocycles. The van der Waals surface area contributed by atoms with E-state index in [9.17, 15) is 9.59 Å². The number of nitrogens with zero attached hydrogens (tertiary/aromatic N) is 2. The molecule has 2 N–H and O–H groups in total. The van der Waals surface area contributed by atoms with E-state index in [1.807, 2.05) is 53.4 Å². The first-order valence-electron chi connectivity index (χ1n) is 8.99. The van der Waals surface area contributed by atoms with Gasteiger partial charge in [0.15, 0.2) is 0 Å². The van der Waals surface area contributed by atoms with Crippen molar-refractivity contribution in [1.29, 1.82) is 0 Å². The summed E-state index contributed by atoms with van der Waals surface area (Å²) in [6.45, 7) is 14.6. The molecule has 2 atom stereocenters. The Bertz CT molecular complexity index is 443. The number of amides is 2. The lowest BCUT2D eigenvalue weighted by molar-refractivity contribution is -0.134. The Morgan fingerprint density at radius 3 is 2.29 bits per heavy atom. The number of rotatable bonds is 5. The van der Waals surface area contributed by atoms with Crippen molar-refractivity contribution in [2.75, 3.05) is 13.1 Å². The van der Waals surface area contributed by atoms with E-state index in [1.54, 1.807) is 4.90 Å². The van der Waals surface area contributed by atoms with Crippen molar-refractivity contribution in [3.05, 3.63) is 0 Å². The molecule has 1 heterocycles. The summed E-state index contributed by atoms with van der Waals surface area (Å²) in [6.07, 6.45) is 1.51. The number of hydrogen-bond donors (Lipinski definition) is 1. The maximum atomic E-state index is 12.6. The smallest absolute Gasteiger partial charge is 0.410 e. The minimum absolute atomic E-state index is 0.0103. The van der Waals surface area contributed by atoms with Crippen LogP contribution in [0.4, 0.5) is 4.79 Å². The maximum absolute atomic E-state index is 12.6. The molecule has 1 rings (SSSR count). The molecule has 1 aliphatic rings. The van der Waals surface area contributed by atoms with Gasteiger partial charge in [0.25, 0.3) is 0 Å². The van der Waals surface area contributed by atoms with E-state index in [2.05, 4.69) is 0 Å². The van der Waals surface area contributed by atoms with Crippen LogP contribution in [0, 0.1) is 5.92 Å². The molecule has 0 aromatic carbocycles. The zero-order chi connectivity index (χ0) is 18.7. The Hall–Kier alpha value is -1.30. The summed E-state index contributed by atoms with van der Waals surface area (Å²) in [5, 5.41) is 0. The fourth-order valence-electron chi connectivity index (χ4n) is 2.84. The molecular weight excluding hydrogens is 306 g/mol. The molecule has 0 aromatic rings. The third kappa shape index (κ3) is 5.65. The van der Waals surface area contributed by atoms with Crippen molar-refractivity contribution in [2.24, 2.45) is 11.7 Å². The van der Waals surface area contributed by atoms with Crippen LogP contribution in [0.25, 0.3) is 0 Å². The Morgan fingerprint density at radius 1 is 1.25 bits per heavy atom. The quantitative estimate of drug-likeness (QED) is 0.834. The van der Waals surface area contributed by atoms with Crippen LogP contribution in [0.2, 0.25) is 0 Å². The van der Waals surface area contributed by atoms with Gasteiger partial charge in [0, 0.05) is 25.2 Å². The summed E-state index contributed by atoms with van der Waals surface area (Å²) >= 11 is 0. The fourth-order valence-corrected chi connectivity index (χ4v) is 2.84. The van der Waals surface area contributed by atoms with Crippen molar-refractivity contribution < 1.29 is 14.3 Å². The lowest BCUT2D eigenvalue weighted by atomic mass is 10.0. The summed E-state index contributed by atoms with van der Waals surface area (Å²) in [6, 6.07) is -0.465. The number of likely N-dealkylation sites (tertiary alicyclic amines) is 1. The van der Waals surface area contributed by atoms with Gasteiger partial charge >= 0.3 is 6.09 Å². The molecule has 1 saturated heterocycles. The van der Waals surface area contributed by atoms with Crippen molar-refractivity contribution >= 4 is 12.0 Å². The van der Waals surface area contributed by atoms with Crippen molar-refractivity contribution in [2.45, 2.75) is 85.0 Å². The first kappa shape index (κ1) is 20.7. The Labute approximate surface area is 146 Å². The van der Waals surface area contributed by atoms with E-state index >= 15 is 0 Å². The van der Waals surface area contributed by atoms with Gasteiger partial charge in [0.05, 0.1) is 6.04 Å². The summed E-state index contributed by atoms with van der Waals surface area (Å²) in [7, 11) is 0. The zero-order valence-corrected chi connectivity index (χ0v) is 16.3. The van der Waals surface area contributed by atoms with E-state index < -0.39 is 11.6 Å². The predicted molar refractivity (Wildman–Crippen MR) is 95.6 cm³/mol. The molecule has 1 unspecified atom stereocenters. The highest BCUT2D eigenvalue weighted by Crippen LogP contribution is 2.22. The van der Waals surface area contributed by atoms with Gasteiger partial charge in [-0.25, -0.2) is 4.79 Å². The second-order valence-electron chi connectivity index (χ2n) is 8.32. The monoisotopic (exact) mass is 341 g/mol. The van der Waals surface area contributed by atoms with Gasteiger partial charge in [-0.1, -0.05) is 13.8 Å². The lowest BCUT2D eigenvalue weighted by Gasteiger charge is -2.35. The van der Waals surface area contributed by atoms with Crippen LogP contribution in [0.3, 0.4) is 0 Å². The minimum atomic E-state index is -0.532. The third-order valence-electron chi connectivity index (χ3n) is 4.32. The first-order chi connectivity index (χ1) is 10.9. The molecule has 2 amide bonds. The largest absolute Gasteiger partial charge is 0.444 e. The lowest BCUT2D eigenvalue weighted by Crippen LogP contribution is -2.53. The molecule has 6 heteroatoms. The van der Waals surface area contributed by atoms with Gasteiger partial charge in [-0.15, -0.1) is 0 Å². The highest BCUT2D eigenvalue weighted by molar-refractivity contribution is 5.82. The van der Waals surface area contributed by atoms with Gasteiger partial charge in [0.1, 0.15) is 5.60 Å². The summed E-state index contributed by atoms with van der Waals surface area (Å²) < 4.78 is 5.51. The molecule has 1 fully saturated rings. The average molecular weight is 341 g/mol. The van der Waals surface area contributed by atoms with Gasteiger partial charge in [-0.3, -0.25) is 4.79 Å². The number of carbonyl (C=O) groups is 2. The van der Waals surface area contributed by atoms with Crippen molar-refractivity contribution in [1.82, 2.24) is 9.80 Å². The first-order valence-corrected chi connectivity index (χ1v) is 8.99. The van der Waals surface area contributed by atoms with Gasteiger partial charge < -0.3 is 20.3 Å². The number of hydrogen-bond acceptors (Lipinski definition) is 4. The van der Waals surface area contributed by atoms with Crippen molar-refractivity contribution in [3.63, 3.8) is 0 Å². The van der Waals surface area contributed by atoms with E-state index in [0.29, 0.717) is 13.1 Å². The fraction of sp³-hybridized carbons (Fsp3) is 0.889. The molecule has 0 aliphatic carbocycles. The van der Waals surface area contributed by atoms with Gasteiger partial charge in [-0.05, 0) is 53.4 Å². The maximum Gasteiger partial charge on any atom is 0.410 e. The molecule has 24 heavy (non-hydrogen) atoms. The normalized spacial score (nSPS) is 19.8. The standard InChI is InChI=1S/C18H35N3O3/c1-12(2)15(19)16(22)20-10-8-9-14(20)11-21(13(3)4)17(23)24-18(5,6)7/h12-15H,8-11,19H2,1-7H3/t14?,15-/m0/s1.